The molecular weight excluding hydrogens is 240 g/mol. The van der Waals surface area contributed by atoms with E-state index in [9.17, 15) is 0 Å². The Hall–Kier alpha value is -1.71. The molecule has 1 aromatic rings. The lowest BCUT2D eigenvalue weighted by Gasteiger charge is -2.15. The molecule has 0 unspecified atom stereocenters. The standard InChI is InChI=1S/C9H18N6O3/c1-15(18-4)9-13-7(10-5-16-2)12-8(14-9)11-6-17-3/h5-6H2,1-4H3,(H2,10,11,12,13,14). The zero-order chi connectivity index (χ0) is 13.4. The zero-order valence-corrected chi connectivity index (χ0v) is 10.9. The first-order valence-corrected chi connectivity index (χ1v) is 5.20. The highest BCUT2D eigenvalue weighted by Crippen LogP contribution is 2.12. The summed E-state index contributed by atoms with van der Waals surface area (Å²) in [6.07, 6.45) is 0. The molecule has 0 bridgehead atoms. The van der Waals surface area contributed by atoms with E-state index >= 15 is 0 Å². The molecule has 9 heteroatoms. The Balaban J connectivity index is 2.88. The summed E-state index contributed by atoms with van der Waals surface area (Å²) in [6, 6.07) is 0. The Morgan fingerprint density at radius 2 is 1.44 bits per heavy atom. The number of hydrogen-bond acceptors (Lipinski definition) is 9. The molecule has 1 aromatic heterocycles. The minimum absolute atomic E-state index is 0.296. The van der Waals surface area contributed by atoms with Crippen molar-refractivity contribution in [3.63, 3.8) is 0 Å². The number of hydroxylamine groups is 1. The number of methoxy groups -OCH3 is 2. The van der Waals surface area contributed by atoms with Crippen molar-refractivity contribution in [2.45, 2.75) is 0 Å². The molecule has 9 nitrogen and oxygen atoms in total. The van der Waals surface area contributed by atoms with Gasteiger partial charge in [0.2, 0.25) is 11.9 Å². The molecule has 1 rings (SSSR count). The van der Waals surface area contributed by atoms with E-state index < -0.39 is 0 Å². The van der Waals surface area contributed by atoms with Crippen LogP contribution in [0.2, 0.25) is 0 Å². The van der Waals surface area contributed by atoms with Crippen molar-refractivity contribution in [3.05, 3.63) is 0 Å². The fourth-order valence-electron chi connectivity index (χ4n) is 1.02. The molecule has 0 atom stereocenters. The third-order valence-corrected chi connectivity index (χ3v) is 1.93. The molecule has 18 heavy (non-hydrogen) atoms. The van der Waals surface area contributed by atoms with Gasteiger partial charge >= 0.3 is 0 Å². The Morgan fingerprint density at radius 3 is 1.83 bits per heavy atom. The Kier molecular flexibility index (Phi) is 6.05. The van der Waals surface area contributed by atoms with E-state index in [1.54, 1.807) is 21.3 Å². The highest BCUT2D eigenvalue weighted by Gasteiger charge is 2.09. The number of rotatable bonds is 8. The van der Waals surface area contributed by atoms with Gasteiger partial charge in [-0.05, 0) is 0 Å². The topological polar surface area (TPSA) is 93.7 Å². The average molecular weight is 258 g/mol. The van der Waals surface area contributed by atoms with E-state index in [2.05, 4.69) is 25.6 Å². The molecular formula is C9H18N6O3. The third-order valence-electron chi connectivity index (χ3n) is 1.93. The predicted molar refractivity (Wildman–Crippen MR) is 66.2 cm³/mol. The average Bonchev–Trinajstić information content (AvgIpc) is 2.41. The molecule has 2 N–H and O–H groups in total. The largest absolute Gasteiger partial charge is 0.364 e. The predicted octanol–water partition coefficient (Wildman–Crippen LogP) is -0.0992. The van der Waals surface area contributed by atoms with Gasteiger partial charge in [0.25, 0.3) is 5.95 Å². The summed E-state index contributed by atoms with van der Waals surface area (Å²) in [7, 11) is 6.35. The van der Waals surface area contributed by atoms with Crippen LogP contribution in [0.25, 0.3) is 0 Å². The number of hydrogen-bond donors (Lipinski definition) is 2. The van der Waals surface area contributed by atoms with Gasteiger partial charge in [0.05, 0.1) is 7.11 Å². The first-order valence-electron chi connectivity index (χ1n) is 5.20. The molecule has 0 fully saturated rings. The van der Waals surface area contributed by atoms with E-state index in [0.717, 1.165) is 0 Å². The van der Waals surface area contributed by atoms with Crippen molar-refractivity contribution >= 4 is 17.8 Å². The lowest BCUT2D eigenvalue weighted by molar-refractivity contribution is 0.179. The van der Waals surface area contributed by atoms with Gasteiger partial charge in [0.1, 0.15) is 13.5 Å². The maximum absolute atomic E-state index is 5.02. The summed E-state index contributed by atoms with van der Waals surface area (Å²) < 4.78 is 9.78. The zero-order valence-electron chi connectivity index (χ0n) is 10.9. The van der Waals surface area contributed by atoms with E-state index in [0.29, 0.717) is 31.3 Å². The van der Waals surface area contributed by atoms with E-state index in [1.165, 1.54) is 12.2 Å². The van der Waals surface area contributed by atoms with E-state index in [4.69, 9.17) is 14.3 Å². The summed E-state index contributed by atoms with van der Waals surface area (Å²) in [5.74, 6) is 1.12. The minimum atomic E-state index is 0.296. The maximum atomic E-state index is 5.02. The van der Waals surface area contributed by atoms with Crippen LogP contribution in [0.5, 0.6) is 0 Å². The van der Waals surface area contributed by atoms with Crippen molar-refractivity contribution < 1.29 is 14.3 Å². The van der Waals surface area contributed by atoms with Gasteiger partial charge in [-0.2, -0.15) is 15.0 Å². The molecule has 0 aromatic carbocycles. The summed E-state index contributed by atoms with van der Waals surface area (Å²) in [5, 5.41) is 7.18. The number of aromatic nitrogens is 3. The first kappa shape index (κ1) is 14.4. The normalized spacial score (nSPS) is 10.2. The van der Waals surface area contributed by atoms with Crippen LogP contribution in [0, 0.1) is 0 Å². The second-order valence-electron chi connectivity index (χ2n) is 3.18. The highest BCUT2D eigenvalue weighted by atomic mass is 16.7. The number of ether oxygens (including phenoxy) is 2. The van der Waals surface area contributed by atoms with Crippen LogP contribution in [-0.2, 0) is 14.3 Å². The molecule has 0 radical (unpaired) electrons. The van der Waals surface area contributed by atoms with Crippen molar-refractivity contribution in [2.75, 3.05) is 57.5 Å². The van der Waals surface area contributed by atoms with Crippen molar-refractivity contribution in [1.29, 1.82) is 0 Å². The summed E-state index contributed by atoms with van der Waals surface area (Å²) in [6.45, 7) is 0.591. The van der Waals surface area contributed by atoms with Gasteiger partial charge in [0, 0.05) is 21.3 Å². The lowest BCUT2D eigenvalue weighted by atomic mass is 10.8. The molecule has 102 valence electrons. The van der Waals surface area contributed by atoms with Crippen LogP contribution in [-0.4, -0.2) is 56.8 Å². The number of anilines is 3. The second-order valence-corrected chi connectivity index (χ2v) is 3.18. The van der Waals surface area contributed by atoms with Crippen LogP contribution < -0.4 is 15.7 Å². The Morgan fingerprint density at radius 1 is 0.944 bits per heavy atom. The van der Waals surface area contributed by atoms with Crippen LogP contribution in [0.1, 0.15) is 0 Å². The number of nitrogens with one attached hydrogen (secondary N) is 2. The van der Waals surface area contributed by atoms with E-state index in [-0.39, 0.29) is 0 Å². The Bertz CT molecular complexity index is 338. The molecule has 0 spiro atoms. The van der Waals surface area contributed by atoms with Gasteiger partial charge in [-0.1, -0.05) is 0 Å². The van der Waals surface area contributed by atoms with Crippen LogP contribution in [0.3, 0.4) is 0 Å². The second kappa shape index (κ2) is 7.58. The molecule has 1 heterocycles. The molecule has 0 saturated heterocycles. The maximum Gasteiger partial charge on any atom is 0.256 e. The molecule has 0 aliphatic heterocycles. The fraction of sp³-hybridized carbons (Fsp3) is 0.667. The lowest BCUT2D eigenvalue weighted by Crippen LogP contribution is -2.21. The SMILES string of the molecule is COCNc1nc(NCOC)nc(N(C)OC)n1. The quantitative estimate of drug-likeness (QED) is 0.489. The monoisotopic (exact) mass is 258 g/mol. The molecule has 0 saturated carbocycles. The van der Waals surface area contributed by atoms with Crippen molar-refractivity contribution in [3.8, 4) is 0 Å². The highest BCUT2D eigenvalue weighted by molar-refractivity contribution is 5.41. The Labute approximate surface area is 105 Å². The van der Waals surface area contributed by atoms with Crippen molar-refractivity contribution in [1.82, 2.24) is 15.0 Å². The van der Waals surface area contributed by atoms with E-state index in [1.807, 2.05) is 0 Å². The fourth-order valence-corrected chi connectivity index (χ4v) is 1.02. The van der Waals surface area contributed by atoms with Crippen LogP contribution in [0.4, 0.5) is 17.8 Å². The summed E-state index contributed by atoms with van der Waals surface area (Å²) >= 11 is 0. The summed E-state index contributed by atoms with van der Waals surface area (Å²) in [4.78, 5) is 17.5. The van der Waals surface area contributed by atoms with Gasteiger partial charge in [0.15, 0.2) is 0 Å². The molecule has 0 aliphatic carbocycles. The van der Waals surface area contributed by atoms with Gasteiger partial charge < -0.3 is 20.1 Å². The van der Waals surface area contributed by atoms with Crippen molar-refractivity contribution in [2.24, 2.45) is 0 Å². The van der Waals surface area contributed by atoms with Crippen LogP contribution >= 0.6 is 0 Å². The smallest absolute Gasteiger partial charge is 0.256 e. The molecule has 0 amide bonds. The van der Waals surface area contributed by atoms with Crippen LogP contribution in [0.15, 0.2) is 0 Å². The number of nitrogens with zero attached hydrogens (tertiary/aromatic N) is 4. The van der Waals surface area contributed by atoms with Gasteiger partial charge in [-0.25, -0.2) is 5.06 Å². The van der Waals surface area contributed by atoms with Gasteiger partial charge in [-0.3, -0.25) is 4.84 Å². The molecule has 0 aliphatic rings. The van der Waals surface area contributed by atoms with Gasteiger partial charge in [-0.15, -0.1) is 0 Å². The summed E-state index contributed by atoms with van der Waals surface area (Å²) in [5.41, 5.74) is 0. The third kappa shape index (κ3) is 4.28. The minimum Gasteiger partial charge on any atom is -0.364 e. The first-order chi connectivity index (χ1) is 8.71.